The molecule has 0 saturated carbocycles. The number of benzene rings is 7. The highest BCUT2D eigenvalue weighted by molar-refractivity contribution is 6.15. The van der Waals surface area contributed by atoms with Crippen LogP contribution < -0.4 is 0 Å². The van der Waals surface area contributed by atoms with E-state index in [1.165, 1.54) is 5.39 Å². The zero-order valence-corrected chi connectivity index (χ0v) is 24.4. The van der Waals surface area contributed by atoms with Crippen LogP contribution in [0.2, 0.25) is 0 Å². The largest absolute Gasteiger partial charge is 0.456 e. The summed E-state index contributed by atoms with van der Waals surface area (Å²) in [6.45, 7) is 0. The SMILES string of the molecule is c1ccc2c(c1)ccc1cccc(-c3nc(-c4cccc5oc6ccccc6c45)nc(-c4cccc5oc6ccccc6c45)n3)c12. The Balaban J connectivity index is 1.33. The van der Waals surface area contributed by atoms with Crippen LogP contribution in [-0.2, 0) is 0 Å². The minimum Gasteiger partial charge on any atom is -0.456 e. The first-order valence-electron chi connectivity index (χ1n) is 15.3. The number of hydrogen-bond acceptors (Lipinski definition) is 5. The van der Waals surface area contributed by atoms with Crippen LogP contribution in [-0.4, -0.2) is 15.0 Å². The number of fused-ring (bicyclic) bond motifs is 9. The van der Waals surface area contributed by atoms with Crippen LogP contribution >= 0.6 is 0 Å². The molecule has 0 radical (unpaired) electrons. The molecule has 10 aromatic rings. The van der Waals surface area contributed by atoms with Crippen LogP contribution in [0.1, 0.15) is 0 Å². The topological polar surface area (TPSA) is 65.0 Å². The Kier molecular flexibility index (Phi) is 5.22. The number of para-hydroxylation sites is 2. The van der Waals surface area contributed by atoms with Crippen molar-refractivity contribution in [1.29, 1.82) is 0 Å². The summed E-state index contributed by atoms with van der Waals surface area (Å²) < 4.78 is 12.5. The van der Waals surface area contributed by atoms with E-state index in [0.717, 1.165) is 76.7 Å². The van der Waals surface area contributed by atoms with Crippen LogP contribution in [0.25, 0.3) is 99.6 Å². The van der Waals surface area contributed by atoms with Gasteiger partial charge in [0.2, 0.25) is 0 Å². The second kappa shape index (κ2) is 9.58. The lowest BCUT2D eigenvalue weighted by Crippen LogP contribution is -2.01. The van der Waals surface area contributed by atoms with Crippen LogP contribution in [0.15, 0.2) is 148 Å². The highest BCUT2D eigenvalue weighted by atomic mass is 16.3. The molecule has 46 heavy (non-hydrogen) atoms. The van der Waals surface area contributed by atoms with Crippen molar-refractivity contribution in [2.24, 2.45) is 0 Å². The lowest BCUT2D eigenvalue weighted by Gasteiger charge is -2.13. The average Bonchev–Trinajstić information content (AvgIpc) is 3.70. The Morgan fingerprint density at radius 1 is 0.304 bits per heavy atom. The summed E-state index contributed by atoms with van der Waals surface area (Å²) in [5.41, 5.74) is 5.97. The van der Waals surface area contributed by atoms with Crippen molar-refractivity contribution in [2.75, 3.05) is 0 Å². The first kappa shape index (κ1) is 25.0. The molecule has 0 bridgehead atoms. The summed E-state index contributed by atoms with van der Waals surface area (Å²) in [6, 6.07) is 47.5. The van der Waals surface area contributed by atoms with Gasteiger partial charge in [0.05, 0.1) is 0 Å². The van der Waals surface area contributed by atoms with Gasteiger partial charge in [0.1, 0.15) is 22.3 Å². The molecule has 0 spiro atoms. The van der Waals surface area contributed by atoms with Crippen molar-refractivity contribution >= 4 is 65.4 Å². The highest BCUT2D eigenvalue weighted by Crippen LogP contribution is 2.40. The summed E-state index contributed by atoms with van der Waals surface area (Å²) in [6.07, 6.45) is 0. The van der Waals surface area contributed by atoms with Crippen LogP contribution in [0.5, 0.6) is 0 Å². The number of nitrogens with zero attached hydrogens (tertiary/aromatic N) is 3. The third kappa shape index (κ3) is 3.66. The molecule has 0 N–H and O–H groups in total. The Morgan fingerprint density at radius 3 is 1.30 bits per heavy atom. The number of furan rings is 2. The second-order valence-corrected chi connectivity index (χ2v) is 11.6. The van der Waals surface area contributed by atoms with E-state index in [9.17, 15) is 0 Å². The molecule has 5 heteroatoms. The van der Waals surface area contributed by atoms with Crippen molar-refractivity contribution in [1.82, 2.24) is 15.0 Å². The van der Waals surface area contributed by atoms with Gasteiger partial charge in [-0.25, -0.2) is 15.0 Å². The molecule has 5 nitrogen and oxygen atoms in total. The molecule has 0 aliphatic carbocycles. The number of hydrogen-bond donors (Lipinski definition) is 0. The van der Waals surface area contributed by atoms with Gasteiger partial charge in [0.15, 0.2) is 17.5 Å². The van der Waals surface area contributed by atoms with Crippen molar-refractivity contribution < 1.29 is 8.83 Å². The van der Waals surface area contributed by atoms with Crippen LogP contribution in [0, 0.1) is 0 Å². The third-order valence-electron chi connectivity index (χ3n) is 8.93. The van der Waals surface area contributed by atoms with E-state index in [1.807, 2.05) is 60.7 Å². The molecular formula is C41H23N3O2. The molecule has 0 fully saturated rings. The fourth-order valence-corrected chi connectivity index (χ4v) is 6.90. The summed E-state index contributed by atoms with van der Waals surface area (Å²) in [5.74, 6) is 1.77. The maximum absolute atomic E-state index is 6.26. The lowest BCUT2D eigenvalue weighted by atomic mass is 9.97. The third-order valence-corrected chi connectivity index (χ3v) is 8.93. The first-order chi connectivity index (χ1) is 22.8. The summed E-state index contributed by atoms with van der Waals surface area (Å²) in [7, 11) is 0. The van der Waals surface area contributed by atoms with Gasteiger partial charge in [-0.2, -0.15) is 0 Å². The quantitative estimate of drug-likeness (QED) is 0.192. The van der Waals surface area contributed by atoms with E-state index in [0.29, 0.717) is 17.5 Å². The van der Waals surface area contributed by atoms with Crippen LogP contribution in [0.3, 0.4) is 0 Å². The van der Waals surface area contributed by atoms with Crippen molar-refractivity contribution in [2.45, 2.75) is 0 Å². The maximum Gasteiger partial charge on any atom is 0.164 e. The predicted molar refractivity (Wildman–Crippen MR) is 186 cm³/mol. The lowest BCUT2D eigenvalue weighted by molar-refractivity contribution is 0.668. The minimum atomic E-state index is 0.583. The van der Waals surface area contributed by atoms with E-state index < -0.39 is 0 Å². The molecule has 3 heterocycles. The molecule has 0 saturated heterocycles. The van der Waals surface area contributed by atoms with Gasteiger partial charge in [-0.1, -0.05) is 115 Å². The first-order valence-corrected chi connectivity index (χ1v) is 15.3. The molecule has 0 unspecified atom stereocenters. The zero-order valence-electron chi connectivity index (χ0n) is 24.4. The Labute approximate surface area is 262 Å². The van der Waals surface area contributed by atoms with E-state index in [4.69, 9.17) is 23.8 Å². The molecule has 0 amide bonds. The van der Waals surface area contributed by atoms with Gasteiger partial charge >= 0.3 is 0 Å². The molecule has 10 rings (SSSR count). The van der Waals surface area contributed by atoms with Crippen LogP contribution in [0.4, 0.5) is 0 Å². The summed E-state index contributed by atoms with van der Waals surface area (Å²) in [4.78, 5) is 15.7. The summed E-state index contributed by atoms with van der Waals surface area (Å²) >= 11 is 0. The maximum atomic E-state index is 6.26. The normalized spacial score (nSPS) is 11.9. The fraction of sp³-hybridized carbons (Fsp3) is 0. The average molecular weight is 590 g/mol. The van der Waals surface area contributed by atoms with E-state index in [-0.39, 0.29) is 0 Å². The smallest absolute Gasteiger partial charge is 0.164 e. The van der Waals surface area contributed by atoms with Gasteiger partial charge in [0, 0.05) is 43.6 Å². The molecule has 3 aromatic heterocycles. The Bertz CT molecular complexity index is 2700. The van der Waals surface area contributed by atoms with Gasteiger partial charge in [-0.3, -0.25) is 0 Å². The molecule has 0 aliphatic rings. The van der Waals surface area contributed by atoms with E-state index in [1.54, 1.807) is 0 Å². The highest BCUT2D eigenvalue weighted by Gasteiger charge is 2.21. The minimum absolute atomic E-state index is 0.583. The van der Waals surface area contributed by atoms with Crippen molar-refractivity contribution in [3.05, 3.63) is 140 Å². The van der Waals surface area contributed by atoms with Crippen molar-refractivity contribution in [3.8, 4) is 34.2 Å². The standard InChI is InChI=1S/C41H23N3O2/c1-2-12-26-24(10-1)22-23-25-11-7-15-29(36(25)26)39-42-40(30-16-8-20-34-37(30)27-13-3-5-18-32(27)45-34)44-41(43-39)31-17-9-21-35-38(31)28-14-4-6-19-33(28)46-35/h1-23H. The predicted octanol–water partition coefficient (Wildman–Crippen LogP) is 11.0. The molecule has 0 atom stereocenters. The fourth-order valence-electron chi connectivity index (χ4n) is 6.90. The Hall–Kier alpha value is -6.33. The number of aromatic nitrogens is 3. The van der Waals surface area contributed by atoms with Gasteiger partial charge in [0.25, 0.3) is 0 Å². The molecule has 0 aliphatic heterocycles. The van der Waals surface area contributed by atoms with E-state index in [2.05, 4.69) is 78.9 Å². The molecular weight excluding hydrogens is 566 g/mol. The summed E-state index contributed by atoms with van der Waals surface area (Å²) in [5, 5.41) is 8.58. The van der Waals surface area contributed by atoms with Gasteiger partial charge in [-0.05, 0) is 40.4 Å². The monoisotopic (exact) mass is 589 g/mol. The zero-order chi connectivity index (χ0) is 30.2. The van der Waals surface area contributed by atoms with Gasteiger partial charge in [-0.15, -0.1) is 0 Å². The van der Waals surface area contributed by atoms with Gasteiger partial charge < -0.3 is 8.83 Å². The molecule has 214 valence electrons. The van der Waals surface area contributed by atoms with E-state index >= 15 is 0 Å². The second-order valence-electron chi connectivity index (χ2n) is 11.6. The molecule has 7 aromatic carbocycles. The number of rotatable bonds is 3. The van der Waals surface area contributed by atoms with Crippen molar-refractivity contribution in [3.63, 3.8) is 0 Å². The Morgan fingerprint density at radius 2 is 0.717 bits per heavy atom.